The van der Waals surface area contributed by atoms with Crippen molar-refractivity contribution in [2.24, 2.45) is 0 Å². The second-order valence-corrected chi connectivity index (χ2v) is 8.67. The molecule has 1 heterocycles. The van der Waals surface area contributed by atoms with Crippen LogP contribution in [-0.2, 0) is 4.79 Å². The summed E-state index contributed by atoms with van der Waals surface area (Å²) in [5.74, 6) is -0.437. The molecule has 0 radical (unpaired) electrons. The molecule has 1 unspecified atom stereocenters. The molecule has 33 heavy (non-hydrogen) atoms. The van der Waals surface area contributed by atoms with Gasteiger partial charge >= 0.3 is 0 Å². The quantitative estimate of drug-likeness (QED) is 0.193. The zero-order valence-electron chi connectivity index (χ0n) is 17.9. The molecule has 1 N–H and O–H groups in total. The number of aryl methyl sites for hydroxylation is 1. The number of nitro benzene ring substituents is 1. The molecule has 4 rings (SSSR count). The van der Waals surface area contributed by atoms with Crippen molar-refractivity contribution in [2.45, 2.75) is 24.3 Å². The fourth-order valence-corrected chi connectivity index (χ4v) is 4.32. The molecule has 9 heteroatoms. The van der Waals surface area contributed by atoms with Gasteiger partial charge in [0.15, 0.2) is 5.16 Å². The standard InChI is InChI=1S/C24H20N4O4S/c1-15-9-3-7-13-20(15)27-23(30)17-10-4-5-11-18(17)26-24(27)33-16(2)22(29)25-19-12-6-8-14-21(19)28(31)32/h3-14,16H,1-2H3,(H,25,29). The number of aromatic nitrogens is 2. The van der Waals surface area contributed by atoms with Gasteiger partial charge in [0.1, 0.15) is 5.69 Å². The van der Waals surface area contributed by atoms with Crippen molar-refractivity contribution >= 4 is 39.9 Å². The van der Waals surface area contributed by atoms with Crippen LogP contribution in [-0.4, -0.2) is 25.6 Å². The molecule has 0 fully saturated rings. The molecule has 3 aromatic carbocycles. The van der Waals surface area contributed by atoms with Gasteiger partial charge in [-0.2, -0.15) is 0 Å². The SMILES string of the molecule is Cc1ccccc1-n1c(SC(C)C(=O)Nc2ccccc2[N+](=O)[O-])nc2ccccc2c1=O. The second kappa shape index (κ2) is 9.25. The number of hydrogen-bond donors (Lipinski definition) is 1. The van der Waals surface area contributed by atoms with Crippen LogP contribution in [0.4, 0.5) is 11.4 Å². The Hall–Kier alpha value is -3.98. The largest absolute Gasteiger partial charge is 0.319 e. The Balaban J connectivity index is 1.73. The highest BCUT2D eigenvalue weighted by Gasteiger charge is 2.23. The lowest BCUT2D eigenvalue weighted by Crippen LogP contribution is -2.26. The Kier molecular flexibility index (Phi) is 6.23. The van der Waals surface area contributed by atoms with Gasteiger partial charge in [-0.1, -0.05) is 54.2 Å². The summed E-state index contributed by atoms with van der Waals surface area (Å²) in [6.07, 6.45) is 0. The fraction of sp³-hybridized carbons (Fsp3) is 0.125. The van der Waals surface area contributed by atoms with Crippen molar-refractivity contribution in [3.05, 3.63) is 98.8 Å². The minimum atomic E-state index is -0.687. The lowest BCUT2D eigenvalue weighted by atomic mass is 10.2. The van der Waals surface area contributed by atoms with E-state index in [1.165, 1.54) is 22.8 Å². The Morgan fingerprint density at radius 2 is 1.73 bits per heavy atom. The van der Waals surface area contributed by atoms with Crippen LogP contribution in [0.5, 0.6) is 0 Å². The lowest BCUT2D eigenvalue weighted by molar-refractivity contribution is -0.383. The molecule has 0 aliphatic carbocycles. The van der Waals surface area contributed by atoms with Crippen molar-refractivity contribution in [2.75, 3.05) is 5.32 Å². The van der Waals surface area contributed by atoms with E-state index in [-0.39, 0.29) is 16.9 Å². The molecule has 0 saturated heterocycles. The molecule has 0 saturated carbocycles. The summed E-state index contributed by atoms with van der Waals surface area (Å²) >= 11 is 1.11. The van der Waals surface area contributed by atoms with Gasteiger partial charge in [0.25, 0.3) is 11.2 Å². The average Bonchev–Trinajstić information content (AvgIpc) is 2.80. The summed E-state index contributed by atoms with van der Waals surface area (Å²) in [7, 11) is 0. The number of nitro groups is 1. The monoisotopic (exact) mass is 460 g/mol. The number of hydrogen-bond acceptors (Lipinski definition) is 6. The molecule has 0 bridgehead atoms. The molecular formula is C24H20N4O4S. The van der Waals surface area contributed by atoms with Gasteiger partial charge in [0, 0.05) is 6.07 Å². The highest BCUT2D eigenvalue weighted by atomic mass is 32.2. The number of fused-ring (bicyclic) bond motifs is 1. The van der Waals surface area contributed by atoms with Crippen molar-refractivity contribution < 1.29 is 9.72 Å². The Bertz CT molecular complexity index is 1430. The number of para-hydroxylation sites is 4. The topological polar surface area (TPSA) is 107 Å². The first-order valence-corrected chi connectivity index (χ1v) is 11.0. The van der Waals surface area contributed by atoms with Crippen LogP contribution in [0.25, 0.3) is 16.6 Å². The molecule has 1 aromatic heterocycles. The molecule has 1 amide bonds. The van der Waals surface area contributed by atoms with E-state index in [0.29, 0.717) is 21.7 Å². The number of benzene rings is 3. The second-order valence-electron chi connectivity index (χ2n) is 7.36. The van der Waals surface area contributed by atoms with Crippen LogP contribution in [0.3, 0.4) is 0 Å². The number of amides is 1. The minimum absolute atomic E-state index is 0.114. The Morgan fingerprint density at radius 1 is 1.06 bits per heavy atom. The number of thioether (sulfide) groups is 1. The predicted molar refractivity (Wildman–Crippen MR) is 129 cm³/mol. The number of rotatable bonds is 6. The van der Waals surface area contributed by atoms with E-state index in [0.717, 1.165) is 17.3 Å². The first-order chi connectivity index (χ1) is 15.9. The number of carbonyl (C=O) groups excluding carboxylic acids is 1. The van der Waals surface area contributed by atoms with Gasteiger partial charge in [-0.05, 0) is 43.7 Å². The van der Waals surface area contributed by atoms with E-state index in [1.807, 2.05) is 31.2 Å². The highest BCUT2D eigenvalue weighted by molar-refractivity contribution is 8.00. The molecule has 166 valence electrons. The van der Waals surface area contributed by atoms with Gasteiger partial charge in [0.2, 0.25) is 5.91 Å². The van der Waals surface area contributed by atoms with Crippen molar-refractivity contribution in [1.82, 2.24) is 9.55 Å². The van der Waals surface area contributed by atoms with Crippen molar-refractivity contribution in [3.8, 4) is 5.69 Å². The summed E-state index contributed by atoms with van der Waals surface area (Å²) in [6, 6.07) is 20.4. The molecule has 0 spiro atoms. The van der Waals surface area contributed by atoms with Crippen LogP contribution in [0.2, 0.25) is 0 Å². The lowest BCUT2D eigenvalue weighted by Gasteiger charge is -2.17. The van der Waals surface area contributed by atoms with Crippen LogP contribution < -0.4 is 10.9 Å². The van der Waals surface area contributed by atoms with Crippen LogP contribution in [0, 0.1) is 17.0 Å². The molecule has 8 nitrogen and oxygen atoms in total. The molecule has 1 atom stereocenters. The summed E-state index contributed by atoms with van der Waals surface area (Å²) in [5, 5.41) is 14.0. The van der Waals surface area contributed by atoms with Gasteiger partial charge in [0.05, 0.1) is 26.8 Å². The third-order valence-corrected chi connectivity index (χ3v) is 6.16. The summed E-state index contributed by atoms with van der Waals surface area (Å²) < 4.78 is 1.51. The zero-order valence-corrected chi connectivity index (χ0v) is 18.7. The molecule has 0 aliphatic heterocycles. The number of carbonyl (C=O) groups is 1. The maximum absolute atomic E-state index is 13.4. The van der Waals surface area contributed by atoms with E-state index in [2.05, 4.69) is 10.3 Å². The van der Waals surface area contributed by atoms with Crippen molar-refractivity contribution in [3.63, 3.8) is 0 Å². The zero-order chi connectivity index (χ0) is 23.5. The minimum Gasteiger partial charge on any atom is -0.319 e. The highest BCUT2D eigenvalue weighted by Crippen LogP contribution is 2.28. The van der Waals surface area contributed by atoms with E-state index >= 15 is 0 Å². The normalized spacial score (nSPS) is 11.8. The molecular weight excluding hydrogens is 440 g/mol. The van der Waals surface area contributed by atoms with E-state index in [4.69, 9.17) is 0 Å². The molecule has 0 aliphatic rings. The third-order valence-electron chi connectivity index (χ3n) is 5.11. The average molecular weight is 461 g/mol. The maximum Gasteiger partial charge on any atom is 0.292 e. The van der Waals surface area contributed by atoms with Crippen LogP contribution >= 0.6 is 11.8 Å². The number of nitrogens with one attached hydrogen (secondary N) is 1. The third kappa shape index (κ3) is 4.49. The number of nitrogens with zero attached hydrogens (tertiary/aromatic N) is 3. The summed E-state index contributed by atoms with van der Waals surface area (Å²) in [5.41, 5.74) is 1.78. The first kappa shape index (κ1) is 22.2. The Morgan fingerprint density at radius 3 is 2.48 bits per heavy atom. The smallest absolute Gasteiger partial charge is 0.292 e. The summed E-state index contributed by atoms with van der Waals surface area (Å²) in [4.78, 5) is 41.7. The predicted octanol–water partition coefficient (Wildman–Crippen LogP) is 4.72. The van der Waals surface area contributed by atoms with E-state index < -0.39 is 16.1 Å². The van der Waals surface area contributed by atoms with Crippen LogP contribution in [0.1, 0.15) is 12.5 Å². The maximum atomic E-state index is 13.4. The van der Waals surface area contributed by atoms with Crippen LogP contribution in [0.15, 0.2) is 82.7 Å². The van der Waals surface area contributed by atoms with Gasteiger partial charge < -0.3 is 5.32 Å². The van der Waals surface area contributed by atoms with E-state index in [1.54, 1.807) is 37.3 Å². The fourth-order valence-electron chi connectivity index (χ4n) is 3.40. The molecule has 4 aromatic rings. The van der Waals surface area contributed by atoms with Gasteiger partial charge in [-0.3, -0.25) is 24.3 Å². The van der Waals surface area contributed by atoms with Gasteiger partial charge in [-0.15, -0.1) is 0 Å². The Labute approximate surface area is 193 Å². The first-order valence-electron chi connectivity index (χ1n) is 10.2. The van der Waals surface area contributed by atoms with Crippen molar-refractivity contribution in [1.29, 1.82) is 0 Å². The van der Waals surface area contributed by atoms with E-state index in [9.17, 15) is 19.7 Å². The van der Waals surface area contributed by atoms with Gasteiger partial charge in [-0.25, -0.2) is 4.98 Å². The number of anilines is 1. The summed E-state index contributed by atoms with van der Waals surface area (Å²) in [6.45, 7) is 3.56.